The van der Waals surface area contributed by atoms with Gasteiger partial charge >= 0.3 is 0 Å². The molecule has 2 aromatic carbocycles. The molecule has 2 aliphatic rings. The number of fused-ring (bicyclic) bond motifs is 2. The molecule has 6 rings (SSSR count). The van der Waals surface area contributed by atoms with Crippen molar-refractivity contribution >= 4 is 47.1 Å². The number of hydrogen-bond acceptors (Lipinski definition) is 4. The summed E-state index contributed by atoms with van der Waals surface area (Å²) in [5, 5.41) is 6.81. The number of para-hydroxylation sites is 2. The van der Waals surface area contributed by atoms with E-state index >= 15 is 0 Å². The highest BCUT2D eigenvalue weighted by Crippen LogP contribution is 2.29. The molecule has 0 radical (unpaired) electrons. The van der Waals surface area contributed by atoms with Crippen molar-refractivity contribution in [2.75, 3.05) is 5.32 Å². The summed E-state index contributed by atoms with van der Waals surface area (Å²) in [6.07, 6.45) is 48.6. The summed E-state index contributed by atoms with van der Waals surface area (Å²) in [7, 11) is 0. The Morgan fingerprint density at radius 1 is 0.789 bits per heavy atom. The lowest BCUT2D eigenvalue weighted by Crippen LogP contribution is -2.28. The highest BCUT2D eigenvalue weighted by molar-refractivity contribution is 5.83. The molecule has 0 bridgehead atoms. The minimum Gasteiger partial charge on any atom is -0.358 e. The van der Waals surface area contributed by atoms with Crippen molar-refractivity contribution in [3.8, 4) is 0 Å². The summed E-state index contributed by atoms with van der Waals surface area (Å²) in [6, 6.07) is 18.7. The number of rotatable bonds is 16. The molecule has 0 spiro atoms. The molecule has 6 heteroatoms. The summed E-state index contributed by atoms with van der Waals surface area (Å²) in [4.78, 5) is 13.6. The fraction of sp³-hybridized carbons (Fsp3) is 0.271. The maximum atomic E-state index is 6.37. The Labute approximate surface area is 462 Å². The second-order valence-corrected chi connectivity index (χ2v) is 15.9. The average Bonchev–Trinajstić information content (AvgIpc) is 4.15. The zero-order valence-electron chi connectivity index (χ0n) is 49.2. The predicted octanol–water partition coefficient (Wildman–Crippen LogP) is 18.9. The van der Waals surface area contributed by atoms with Crippen molar-refractivity contribution in [2.24, 2.45) is 10.7 Å². The van der Waals surface area contributed by atoms with Gasteiger partial charge in [-0.05, 0) is 133 Å². The molecule has 2 aromatic heterocycles. The first-order valence-electron chi connectivity index (χ1n) is 27.1. The van der Waals surface area contributed by atoms with Crippen LogP contribution in [0.25, 0.3) is 35.2 Å². The van der Waals surface area contributed by atoms with Crippen LogP contribution in [-0.2, 0) is 6.42 Å². The first-order chi connectivity index (χ1) is 37.1. The van der Waals surface area contributed by atoms with Crippen LogP contribution in [0, 0.1) is 0 Å². The van der Waals surface area contributed by atoms with E-state index in [1.54, 1.807) is 6.08 Å². The monoisotopic (exact) mass is 1020 g/mol. The number of nitrogens with two attached hydrogens (primary N) is 1. The van der Waals surface area contributed by atoms with Gasteiger partial charge < -0.3 is 20.2 Å². The molecule has 0 saturated heterocycles. The number of nitrogens with zero attached hydrogens (tertiary/aromatic N) is 2. The van der Waals surface area contributed by atoms with Gasteiger partial charge in [0.1, 0.15) is 0 Å². The standard InChI is InChI=1S/C38H43N5.C12H13N.C7H10.C5H10.3C2H6.C2H4/c1-6-18-37-31(8-3)28(5)19-17-26-43(37)30(7-2)21-11-10-16-25-40-38(39)42-35-23-14-12-20-29(35)27-33-32-22-13-15-24-36(32)41-34(33)9-4;1-2-3-4-7-11-9-10-6-5-8-12(10)13-11;1-3-5-7-6-4-2;1-4-5(2)3;4*1-2/h6-9,12-15,17-18,20-27,38,41-42H,2-3,5,10-11,16,19,39H2,1,4H3;2-7,9,13H,8H2,1H3;3-7H,1H2,2H3;4H,1-3H3;3*1-2H3;1-2H2/b18-6-,30-21+,33-27-,34-9+,40-25-;3-2-,7-4-;6-4-,7-5-;;;;;. The lowest BCUT2D eigenvalue weighted by atomic mass is 10.0. The van der Waals surface area contributed by atoms with Crippen molar-refractivity contribution in [1.82, 2.24) is 14.9 Å². The van der Waals surface area contributed by atoms with E-state index in [0.717, 1.165) is 82.0 Å². The van der Waals surface area contributed by atoms with Crippen molar-refractivity contribution in [3.63, 3.8) is 0 Å². The van der Waals surface area contributed by atoms with E-state index in [4.69, 9.17) is 5.73 Å². The maximum Gasteiger partial charge on any atom is 0.170 e. The molecule has 0 amide bonds. The number of unbranched alkanes of at least 4 members (excludes halogenated alkanes) is 2. The van der Waals surface area contributed by atoms with Gasteiger partial charge in [-0.3, -0.25) is 10.7 Å². The van der Waals surface area contributed by atoms with E-state index in [1.807, 2.05) is 167 Å². The molecule has 1 atom stereocenters. The van der Waals surface area contributed by atoms with E-state index in [-0.39, 0.29) is 0 Å². The van der Waals surface area contributed by atoms with E-state index in [1.165, 1.54) is 27.9 Å². The number of nitrogens with one attached hydrogen (secondary N) is 3. The normalized spacial score (nSPS) is 13.4. The third-order valence-electron chi connectivity index (χ3n) is 10.6. The molecule has 408 valence electrons. The summed E-state index contributed by atoms with van der Waals surface area (Å²) < 4.78 is 0. The lowest BCUT2D eigenvalue weighted by molar-refractivity contribution is 0.605. The second kappa shape index (κ2) is 45.9. The van der Waals surface area contributed by atoms with Gasteiger partial charge in [-0.1, -0.05) is 207 Å². The number of hydrogen-bond donors (Lipinski definition) is 4. The Bertz CT molecular complexity index is 2750. The van der Waals surface area contributed by atoms with Crippen molar-refractivity contribution in [2.45, 2.75) is 128 Å². The van der Waals surface area contributed by atoms with Crippen molar-refractivity contribution in [1.29, 1.82) is 0 Å². The topological polar surface area (TPSA) is 85.2 Å². The number of allylic oxidation sites excluding steroid dienone is 19. The van der Waals surface area contributed by atoms with Gasteiger partial charge in [0.05, 0.1) is 5.70 Å². The van der Waals surface area contributed by atoms with Gasteiger partial charge in [0, 0.05) is 68.7 Å². The minimum absolute atomic E-state index is 0.546. The Hall–Kier alpha value is -7.67. The molecular formula is C70H98N6. The quantitative estimate of drug-likeness (QED) is 0.0297. The SMILES string of the molecule is C/C=C\C=C/c1cc2c([nH]1)CC=C2.C=C.C=C/C=C\C=C/C.C=CC1=C(/C=C\C)N(/C(C=C)=C/CCC/C=N\C(N)Nc2ccccc2/C=c2\c(=C/C)[nH]c3ccccc23)C=CCC1=C.CC.CC.CC.CC=C(C)C. The predicted molar refractivity (Wildman–Crippen MR) is 349 cm³/mol. The Morgan fingerprint density at radius 3 is 2.05 bits per heavy atom. The van der Waals surface area contributed by atoms with Gasteiger partial charge in [0.2, 0.25) is 0 Å². The van der Waals surface area contributed by atoms with Gasteiger partial charge in [0.15, 0.2) is 6.29 Å². The zero-order chi connectivity index (χ0) is 57.5. The van der Waals surface area contributed by atoms with Crippen LogP contribution < -0.4 is 21.6 Å². The van der Waals surface area contributed by atoms with Crippen molar-refractivity contribution in [3.05, 3.63) is 259 Å². The van der Waals surface area contributed by atoms with Gasteiger partial charge in [0.25, 0.3) is 0 Å². The van der Waals surface area contributed by atoms with Crippen LogP contribution in [0.1, 0.15) is 138 Å². The van der Waals surface area contributed by atoms with Gasteiger partial charge in [-0.15, -0.1) is 13.2 Å². The number of H-pyrrole nitrogens is 2. The average molecular weight is 1020 g/mol. The van der Waals surface area contributed by atoms with Crippen LogP contribution in [0.3, 0.4) is 0 Å². The van der Waals surface area contributed by atoms with E-state index in [9.17, 15) is 0 Å². The second-order valence-electron chi connectivity index (χ2n) is 15.9. The van der Waals surface area contributed by atoms with Crippen LogP contribution in [-0.4, -0.2) is 27.4 Å². The number of benzene rings is 2. The van der Waals surface area contributed by atoms with Gasteiger partial charge in [-0.2, -0.15) is 0 Å². The highest BCUT2D eigenvalue weighted by Gasteiger charge is 2.16. The first kappa shape index (κ1) is 70.4. The number of aliphatic imine (C=N–C) groups is 1. The van der Waals surface area contributed by atoms with Crippen LogP contribution in [0.2, 0.25) is 0 Å². The Morgan fingerprint density at radius 2 is 1.45 bits per heavy atom. The molecule has 0 saturated carbocycles. The smallest absolute Gasteiger partial charge is 0.170 e. The molecule has 3 heterocycles. The van der Waals surface area contributed by atoms with Crippen LogP contribution in [0.15, 0.2) is 231 Å². The molecule has 1 unspecified atom stereocenters. The number of anilines is 1. The Balaban J connectivity index is 0. The van der Waals surface area contributed by atoms with E-state index in [2.05, 4.69) is 170 Å². The summed E-state index contributed by atoms with van der Waals surface area (Å²) in [5.41, 5.74) is 18.9. The van der Waals surface area contributed by atoms with Crippen LogP contribution >= 0.6 is 0 Å². The first-order valence-corrected chi connectivity index (χ1v) is 27.1. The summed E-state index contributed by atoms with van der Waals surface area (Å²) >= 11 is 0. The molecular weight excluding hydrogens is 925 g/mol. The fourth-order valence-electron chi connectivity index (χ4n) is 6.98. The molecule has 76 heavy (non-hydrogen) atoms. The van der Waals surface area contributed by atoms with Crippen LogP contribution in [0.4, 0.5) is 5.69 Å². The van der Waals surface area contributed by atoms with E-state index in [0.29, 0.717) is 0 Å². The van der Waals surface area contributed by atoms with Crippen molar-refractivity contribution < 1.29 is 0 Å². The van der Waals surface area contributed by atoms with Gasteiger partial charge in [-0.25, -0.2) is 0 Å². The third kappa shape index (κ3) is 26.5. The number of aromatic amines is 2. The lowest BCUT2D eigenvalue weighted by Gasteiger charge is -2.24. The van der Waals surface area contributed by atoms with Crippen LogP contribution in [0.5, 0.6) is 0 Å². The molecule has 1 aliphatic heterocycles. The molecule has 6 nitrogen and oxygen atoms in total. The molecule has 1 aliphatic carbocycles. The maximum absolute atomic E-state index is 6.37. The number of aromatic nitrogens is 2. The van der Waals surface area contributed by atoms with E-state index < -0.39 is 6.29 Å². The highest BCUT2D eigenvalue weighted by atomic mass is 15.2. The molecule has 5 N–H and O–H groups in total. The molecule has 4 aromatic rings. The summed E-state index contributed by atoms with van der Waals surface area (Å²) in [5.74, 6) is 0. The fourth-order valence-corrected chi connectivity index (χ4v) is 6.98. The molecule has 0 fully saturated rings. The summed E-state index contributed by atoms with van der Waals surface area (Å²) in [6.45, 7) is 48.1. The minimum atomic E-state index is -0.546. The zero-order valence-corrected chi connectivity index (χ0v) is 49.2. The largest absolute Gasteiger partial charge is 0.358 e. The third-order valence-corrected chi connectivity index (χ3v) is 10.6. The Kier molecular flexibility index (Phi) is 42.5.